The van der Waals surface area contributed by atoms with E-state index in [0.29, 0.717) is 11.3 Å². The molecule has 0 aromatic carbocycles. The molecule has 4 heteroatoms. The van der Waals surface area contributed by atoms with E-state index in [0.717, 1.165) is 32.2 Å². The fourth-order valence-corrected chi connectivity index (χ4v) is 2.76. The quantitative estimate of drug-likeness (QED) is 0.817. The van der Waals surface area contributed by atoms with E-state index in [4.69, 9.17) is 5.73 Å². The number of carbonyl (C=O) groups is 1. The average Bonchev–Trinajstić information content (AvgIpc) is 2.83. The van der Waals surface area contributed by atoms with Crippen LogP contribution < -0.4 is 11.1 Å². The summed E-state index contributed by atoms with van der Waals surface area (Å²) in [7, 11) is 0. The highest BCUT2D eigenvalue weighted by molar-refractivity contribution is 5.85. The summed E-state index contributed by atoms with van der Waals surface area (Å²) < 4.78 is 0. The zero-order valence-electron chi connectivity index (χ0n) is 10.9. The van der Waals surface area contributed by atoms with Gasteiger partial charge in [0.05, 0.1) is 0 Å². The van der Waals surface area contributed by atoms with Crippen LogP contribution in [0, 0.1) is 17.3 Å². The third kappa shape index (κ3) is 3.85. The number of nitrogens with one attached hydrogen (secondary N) is 1. The van der Waals surface area contributed by atoms with Gasteiger partial charge in [-0.15, -0.1) is 12.4 Å². The normalized spacial score (nSPS) is 34.6. The van der Waals surface area contributed by atoms with Crippen molar-refractivity contribution in [1.29, 1.82) is 0 Å². The highest BCUT2D eigenvalue weighted by Crippen LogP contribution is 2.51. The standard InChI is InChI=1S/C13H24N2O.ClH/c1-13(2)7-10(13)8-15-12(16)9-4-3-5-11(14)6-9;/h9-11H,3-8,14H2,1-2H3,(H,15,16);1H. The monoisotopic (exact) mass is 260 g/mol. The van der Waals surface area contributed by atoms with Gasteiger partial charge in [0, 0.05) is 18.5 Å². The molecular formula is C13H25ClN2O. The predicted molar refractivity (Wildman–Crippen MR) is 72.1 cm³/mol. The topological polar surface area (TPSA) is 55.1 Å². The summed E-state index contributed by atoms with van der Waals surface area (Å²) in [5, 5.41) is 3.10. The van der Waals surface area contributed by atoms with Gasteiger partial charge in [-0.2, -0.15) is 0 Å². The molecule has 0 aromatic heterocycles. The Morgan fingerprint density at radius 3 is 2.59 bits per heavy atom. The molecule has 3 N–H and O–H groups in total. The largest absolute Gasteiger partial charge is 0.356 e. The summed E-state index contributed by atoms with van der Waals surface area (Å²) >= 11 is 0. The summed E-state index contributed by atoms with van der Waals surface area (Å²) in [6, 6.07) is 0.238. The van der Waals surface area contributed by atoms with Crippen LogP contribution in [0.1, 0.15) is 46.0 Å². The van der Waals surface area contributed by atoms with Crippen LogP contribution in [0.5, 0.6) is 0 Å². The molecule has 0 bridgehead atoms. The minimum Gasteiger partial charge on any atom is -0.356 e. The molecule has 2 saturated carbocycles. The summed E-state index contributed by atoms with van der Waals surface area (Å²) in [5.41, 5.74) is 6.35. The van der Waals surface area contributed by atoms with Gasteiger partial charge >= 0.3 is 0 Å². The van der Waals surface area contributed by atoms with Gasteiger partial charge < -0.3 is 11.1 Å². The third-order valence-corrected chi connectivity index (χ3v) is 4.33. The van der Waals surface area contributed by atoms with Gasteiger partial charge in [0.25, 0.3) is 0 Å². The Hall–Kier alpha value is -0.280. The Morgan fingerprint density at radius 1 is 1.41 bits per heavy atom. The minimum absolute atomic E-state index is 0. The number of carbonyl (C=O) groups excluding carboxylic acids is 1. The van der Waals surface area contributed by atoms with Crippen molar-refractivity contribution in [2.75, 3.05) is 6.54 Å². The molecule has 3 nitrogen and oxygen atoms in total. The summed E-state index contributed by atoms with van der Waals surface area (Å²) in [6.07, 6.45) is 5.33. The molecule has 2 aliphatic rings. The molecule has 3 unspecified atom stereocenters. The van der Waals surface area contributed by atoms with Crippen LogP contribution >= 0.6 is 12.4 Å². The Kier molecular flexibility index (Phi) is 4.85. The van der Waals surface area contributed by atoms with E-state index >= 15 is 0 Å². The zero-order valence-corrected chi connectivity index (χ0v) is 11.7. The number of hydrogen-bond acceptors (Lipinski definition) is 2. The van der Waals surface area contributed by atoms with Crippen molar-refractivity contribution in [2.45, 2.75) is 52.0 Å². The fraction of sp³-hybridized carbons (Fsp3) is 0.923. The lowest BCUT2D eigenvalue weighted by molar-refractivity contribution is -0.126. The van der Waals surface area contributed by atoms with Crippen LogP contribution in [0.2, 0.25) is 0 Å². The Balaban J connectivity index is 0.00000144. The minimum atomic E-state index is 0. The van der Waals surface area contributed by atoms with E-state index in [1.165, 1.54) is 6.42 Å². The molecule has 1 amide bonds. The lowest BCUT2D eigenvalue weighted by atomic mass is 9.85. The van der Waals surface area contributed by atoms with Crippen LogP contribution in [0.4, 0.5) is 0 Å². The van der Waals surface area contributed by atoms with Gasteiger partial charge in [-0.1, -0.05) is 20.3 Å². The van der Waals surface area contributed by atoms with Gasteiger partial charge in [-0.05, 0) is 37.0 Å². The molecule has 0 radical (unpaired) electrons. The Morgan fingerprint density at radius 2 is 2.06 bits per heavy atom. The number of halogens is 1. The lowest BCUT2D eigenvalue weighted by Gasteiger charge is -2.25. The van der Waals surface area contributed by atoms with E-state index in [2.05, 4.69) is 19.2 Å². The molecule has 0 heterocycles. The maximum Gasteiger partial charge on any atom is 0.223 e. The zero-order chi connectivity index (χ0) is 11.8. The van der Waals surface area contributed by atoms with Crippen molar-refractivity contribution in [3.05, 3.63) is 0 Å². The van der Waals surface area contributed by atoms with Crippen molar-refractivity contribution in [2.24, 2.45) is 23.0 Å². The molecule has 2 rings (SSSR count). The first-order valence-electron chi connectivity index (χ1n) is 6.52. The second-order valence-electron chi connectivity index (χ2n) is 6.26. The van der Waals surface area contributed by atoms with Crippen LogP contribution in [0.15, 0.2) is 0 Å². The van der Waals surface area contributed by atoms with Gasteiger partial charge in [-0.25, -0.2) is 0 Å². The lowest BCUT2D eigenvalue weighted by Crippen LogP contribution is -2.38. The maximum absolute atomic E-state index is 11.9. The van der Waals surface area contributed by atoms with Crippen molar-refractivity contribution in [3.8, 4) is 0 Å². The molecule has 0 spiro atoms. The first-order chi connectivity index (χ1) is 7.49. The fourth-order valence-electron chi connectivity index (χ4n) is 2.76. The molecule has 2 aliphatic carbocycles. The van der Waals surface area contributed by atoms with Crippen LogP contribution in [0.3, 0.4) is 0 Å². The number of amides is 1. The van der Waals surface area contributed by atoms with E-state index in [1.54, 1.807) is 0 Å². The third-order valence-electron chi connectivity index (χ3n) is 4.33. The Bertz CT molecular complexity index is 281. The van der Waals surface area contributed by atoms with E-state index in [9.17, 15) is 4.79 Å². The SMILES string of the molecule is CC1(C)CC1CNC(=O)C1CCCC(N)C1.Cl. The smallest absolute Gasteiger partial charge is 0.223 e. The average molecular weight is 261 g/mol. The molecule has 0 aromatic rings. The first kappa shape index (κ1) is 14.8. The maximum atomic E-state index is 11.9. The number of rotatable bonds is 3. The highest BCUT2D eigenvalue weighted by Gasteiger charge is 2.45. The molecule has 100 valence electrons. The van der Waals surface area contributed by atoms with E-state index in [-0.39, 0.29) is 30.3 Å². The van der Waals surface area contributed by atoms with Gasteiger partial charge in [0.15, 0.2) is 0 Å². The summed E-state index contributed by atoms with van der Waals surface area (Å²) in [4.78, 5) is 11.9. The summed E-state index contributed by atoms with van der Waals surface area (Å²) in [5.74, 6) is 1.09. The van der Waals surface area contributed by atoms with Crippen molar-refractivity contribution >= 4 is 18.3 Å². The molecule has 17 heavy (non-hydrogen) atoms. The molecule has 0 saturated heterocycles. The summed E-state index contributed by atoms with van der Waals surface area (Å²) in [6.45, 7) is 5.39. The predicted octanol–water partition coefficient (Wildman–Crippen LogP) is 2.09. The second-order valence-corrected chi connectivity index (χ2v) is 6.26. The van der Waals surface area contributed by atoms with Gasteiger partial charge in [-0.3, -0.25) is 4.79 Å². The van der Waals surface area contributed by atoms with Crippen molar-refractivity contribution < 1.29 is 4.79 Å². The van der Waals surface area contributed by atoms with Crippen LogP contribution in [-0.2, 0) is 4.79 Å². The van der Waals surface area contributed by atoms with E-state index < -0.39 is 0 Å². The van der Waals surface area contributed by atoms with Crippen LogP contribution in [-0.4, -0.2) is 18.5 Å². The van der Waals surface area contributed by atoms with Gasteiger partial charge in [0.1, 0.15) is 0 Å². The van der Waals surface area contributed by atoms with Crippen LogP contribution in [0.25, 0.3) is 0 Å². The van der Waals surface area contributed by atoms with Gasteiger partial charge in [0.2, 0.25) is 5.91 Å². The highest BCUT2D eigenvalue weighted by atomic mass is 35.5. The van der Waals surface area contributed by atoms with E-state index in [1.807, 2.05) is 0 Å². The number of nitrogens with two attached hydrogens (primary N) is 1. The second kappa shape index (κ2) is 5.57. The van der Waals surface area contributed by atoms with Crippen molar-refractivity contribution in [3.63, 3.8) is 0 Å². The number of hydrogen-bond donors (Lipinski definition) is 2. The molecule has 2 fully saturated rings. The molecule has 3 atom stereocenters. The Labute approximate surface area is 110 Å². The van der Waals surface area contributed by atoms with Crippen molar-refractivity contribution in [1.82, 2.24) is 5.32 Å². The molecule has 0 aliphatic heterocycles. The molecular weight excluding hydrogens is 236 g/mol. The first-order valence-corrected chi connectivity index (χ1v) is 6.52.